The predicted molar refractivity (Wildman–Crippen MR) is 102 cm³/mol. The van der Waals surface area contributed by atoms with Crippen molar-refractivity contribution in [2.75, 3.05) is 0 Å². The topological polar surface area (TPSA) is 40.5 Å². The molecule has 2 nitrogen and oxygen atoms in total. The zero-order valence-electron chi connectivity index (χ0n) is 14.4. The highest BCUT2D eigenvalue weighted by Gasteiger charge is 2.13. The summed E-state index contributed by atoms with van der Waals surface area (Å²) in [4.78, 5) is 0. The summed E-state index contributed by atoms with van der Waals surface area (Å²) in [6.45, 7) is 7.63. The number of fused-ring (bicyclic) bond motifs is 3. The molecule has 2 heteroatoms. The van der Waals surface area contributed by atoms with E-state index in [-0.39, 0.29) is 0 Å². The Labute approximate surface area is 143 Å². The minimum Gasteiger partial charge on any atom is -0.508 e. The maximum absolute atomic E-state index is 10.4. The molecule has 0 heterocycles. The van der Waals surface area contributed by atoms with E-state index in [4.69, 9.17) is 0 Å². The van der Waals surface area contributed by atoms with Crippen molar-refractivity contribution in [2.24, 2.45) is 0 Å². The molecule has 0 bridgehead atoms. The Bertz CT molecular complexity index is 923. The summed E-state index contributed by atoms with van der Waals surface area (Å²) < 4.78 is 0. The summed E-state index contributed by atoms with van der Waals surface area (Å²) >= 11 is 0. The largest absolute Gasteiger partial charge is 0.508 e. The molecule has 0 amide bonds. The molecule has 2 N–H and O–H groups in total. The number of aromatic hydroxyl groups is 2. The quantitative estimate of drug-likeness (QED) is 0.348. The Morgan fingerprint density at radius 2 is 1.75 bits per heavy atom. The smallest absolute Gasteiger partial charge is 0.119 e. The standard InChI is InChI=1S/C22H24O2/c1-4-5-6-7-8-16-13-21(24)15(3)22-18(16)10-9-17-12-20(23)14(2)11-19(17)22/h4,9-13,23-24H,1,5-8H2,2-3H3. The van der Waals surface area contributed by atoms with E-state index in [0.29, 0.717) is 11.5 Å². The van der Waals surface area contributed by atoms with Crippen LogP contribution in [0.3, 0.4) is 0 Å². The van der Waals surface area contributed by atoms with E-state index >= 15 is 0 Å². The minimum absolute atomic E-state index is 0.310. The lowest BCUT2D eigenvalue weighted by Crippen LogP contribution is -1.92. The summed E-state index contributed by atoms with van der Waals surface area (Å²) in [6.07, 6.45) is 6.11. The Balaban J connectivity index is 2.21. The molecule has 0 aliphatic rings. The van der Waals surface area contributed by atoms with Crippen molar-refractivity contribution in [1.29, 1.82) is 0 Å². The van der Waals surface area contributed by atoms with Crippen LogP contribution in [-0.2, 0) is 6.42 Å². The molecular formula is C22H24O2. The van der Waals surface area contributed by atoms with E-state index in [2.05, 4.69) is 18.7 Å². The summed E-state index contributed by atoms with van der Waals surface area (Å²) in [7, 11) is 0. The minimum atomic E-state index is 0.310. The van der Waals surface area contributed by atoms with Gasteiger partial charge >= 0.3 is 0 Å². The van der Waals surface area contributed by atoms with Gasteiger partial charge in [-0.3, -0.25) is 0 Å². The van der Waals surface area contributed by atoms with Gasteiger partial charge in [0.25, 0.3) is 0 Å². The van der Waals surface area contributed by atoms with Crippen LogP contribution in [-0.4, -0.2) is 10.2 Å². The van der Waals surface area contributed by atoms with Crippen LogP contribution in [0.15, 0.2) is 43.0 Å². The summed E-state index contributed by atoms with van der Waals surface area (Å²) in [5.74, 6) is 0.656. The molecule has 0 spiro atoms. The lowest BCUT2D eigenvalue weighted by molar-refractivity contribution is 0.471. The van der Waals surface area contributed by atoms with E-state index < -0.39 is 0 Å². The van der Waals surface area contributed by atoms with Gasteiger partial charge in [-0.2, -0.15) is 0 Å². The summed E-state index contributed by atoms with van der Waals surface area (Å²) in [5.41, 5.74) is 2.94. The second-order valence-corrected chi connectivity index (χ2v) is 6.56. The third-order valence-electron chi connectivity index (χ3n) is 4.86. The van der Waals surface area contributed by atoms with Crippen LogP contribution < -0.4 is 0 Å². The van der Waals surface area contributed by atoms with Gasteiger partial charge in [0.15, 0.2) is 0 Å². The molecule has 0 unspecified atom stereocenters. The van der Waals surface area contributed by atoms with Crippen molar-refractivity contribution in [1.82, 2.24) is 0 Å². The predicted octanol–water partition coefficient (Wildman–Crippen LogP) is 5.92. The molecule has 124 valence electrons. The van der Waals surface area contributed by atoms with E-state index in [9.17, 15) is 10.2 Å². The number of phenols is 2. The first kappa shape index (κ1) is 16.4. The molecule has 0 atom stereocenters. The van der Waals surface area contributed by atoms with Crippen LogP contribution >= 0.6 is 0 Å². The molecule has 0 saturated heterocycles. The van der Waals surface area contributed by atoms with Crippen LogP contribution in [0.4, 0.5) is 0 Å². The summed E-state index contributed by atoms with van der Waals surface area (Å²) in [5, 5.41) is 24.8. The number of hydrogen-bond acceptors (Lipinski definition) is 2. The van der Waals surface area contributed by atoms with Gasteiger partial charge in [0, 0.05) is 0 Å². The van der Waals surface area contributed by atoms with Crippen LogP contribution in [0.5, 0.6) is 11.5 Å². The second kappa shape index (κ2) is 6.56. The Hall–Kier alpha value is -2.48. The average Bonchev–Trinajstić information content (AvgIpc) is 2.56. The Morgan fingerprint density at radius 3 is 2.50 bits per heavy atom. The number of benzene rings is 3. The van der Waals surface area contributed by atoms with Gasteiger partial charge in [0.1, 0.15) is 11.5 Å². The number of aryl methyl sites for hydroxylation is 3. The average molecular weight is 320 g/mol. The molecular weight excluding hydrogens is 296 g/mol. The van der Waals surface area contributed by atoms with Gasteiger partial charge in [0.2, 0.25) is 0 Å². The van der Waals surface area contributed by atoms with E-state index in [1.54, 1.807) is 6.07 Å². The maximum Gasteiger partial charge on any atom is 0.119 e. The van der Waals surface area contributed by atoms with E-state index in [0.717, 1.165) is 53.0 Å². The zero-order chi connectivity index (χ0) is 17.3. The van der Waals surface area contributed by atoms with Crippen molar-refractivity contribution < 1.29 is 10.2 Å². The second-order valence-electron chi connectivity index (χ2n) is 6.56. The van der Waals surface area contributed by atoms with Crippen molar-refractivity contribution >= 4 is 21.5 Å². The van der Waals surface area contributed by atoms with Crippen LogP contribution in [0.2, 0.25) is 0 Å². The fraction of sp³-hybridized carbons (Fsp3) is 0.273. The lowest BCUT2D eigenvalue weighted by atomic mass is 9.91. The monoisotopic (exact) mass is 320 g/mol. The first-order chi connectivity index (χ1) is 11.5. The van der Waals surface area contributed by atoms with Crippen molar-refractivity contribution in [3.63, 3.8) is 0 Å². The first-order valence-corrected chi connectivity index (χ1v) is 8.51. The van der Waals surface area contributed by atoms with E-state index in [1.165, 1.54) is 10.9 Å². The normalized spacial score (nSPS) is 11.2. The van der Waals surface area contributed by atoms with Crippen LogP contribution in [0, 0.1) is 13.8 Å². The van der Waals surface area contributed by atoms with Crippen LogP contribution in [0.1, 0.15) is 36.0 Å². The van der Waals surface area contributed by atoms with Crippen molar-refractivity contribution in [3.05, 3.63) is 59.7 Å². The lowest BCUT2D eigenvalue weighted by Gasteiger charge is -2.14. The van der Waals surface area contributed by atoms with E-state index in [1.807, 2.05) is 32.1 Å². The fourth-order valence-corrected chi connectivity index (χ4v) is 3.43. The van der Waals surface area contributed by atoms with Gasteiger partial charge in [-0.25, -0.2) is 0 Å². The third kappa shape index (κ3) is 2.84. The van der Waals surface area contributed by atoms with Crippen LogP contribution in [0.25, 0.3) is 21.5 Å². The summed E-state index contributed by atoms with van der Waals surface area (Å²) in [6, 6.07) is 9.89. The molecule has 0 aliphatic carbocycles. The molecule has 3 aromatic carbocycles. The first-order valence-electron chi connectivity index (χ1n) is 8.51. The van der Waals surface area contributed by atoms with Crippen molar-refractivity contribution in [3.8, 4) is 11.5 Å². The number of allylic oxidation sites excluding steroid dienone is 1. The van der Waals surface area contributed by atoms with Crippen molar-refractivity contribution in [2.45, 2.75) is 39.5 Å². The third-order valence-corrected chi connectivity index (χ3v) is 4.86. The number of phenolic OH excluding ortho intramolecular Hbond substituents is 2. The molecule has 3 rings (SSSR count). The molecule has 3 aromatic rings. The van der Waals surface area contributed by atoms with Gasteiger partial charge in [0.05, 0.1) is 0 Å². The molecule has 24 heavy (non-hydrogen) atoms. The SMILES string of the molecule is C=CCCCCc1cc(O)c(C)c2c1ccc1cc(O)c(C)cc12. The Kier molecular flexibility index (Phi) is 4.48. The number of hydrogen-bond donors (Lipinski definition) is 2. The van der Waals surface area contributed by atoms with Gasteiger partial charge in [-0.1, -0.05) is 18.2 Å². The highest BCUT2D eigenvalue weighted by Crippen LogP contribution is 2.37. The molecule has 0 aliphatic heterocycles. The highest BCUT2D eigenvalue weighted by molar-refractivity contribution is 6.11. The maximum atomic E-state index is 10.4. The molecule has 0 saturated carbocycles. The zero-order valence-corrected chi connectivity index (χ0v) is 14.4. The van der Waals surface area contributed by atoms with Gasteiger partial charge in [-0.15, -0.1) is 6.58 Å². The molecule has 0 fully saturated rings. The molecule has 0 aromatic heterocycles. The van der Waals surface area contributed by atoms with Gasteiger partial charge in [-0.05, 0) is 96.0 Å². The number of rotatable bonds is 5. The van der Waals surface area contributed by atoms with Gasteiger partial charge < -0.3 is 10.2 Å². The fourth-order valence-electron chi connectivity index (χ4n) is 3.43. The Morgan fingerprint density at radius 1 is 0.958 bits per heavy atom. The molecule has 0 radical (unpaired) electrons. The highest BCUT2D eigenvalue weighted by atomic mass is 16.3. The number of unbranched alkanes of at least 4 members (excludes halogenated alkanes) is 2.